The Morgan fingerprint density at radius 2 is 1.98 bits per heavy atom. The summed E-state index contributed by atoms with van der Waals surface area (Å²) in [5.74, 6) is 1.84. The lowest BCUT2D eigenvalue weighted by Gasteiger charge is -2.24. The summed E-state index contributed by atoms with van der Waals surface area (Å²) in [5.41, 5.74) is 8.41. The average Bonchev–Trinajstić information content (AvgIpc) is 3.57. The van der Waals surface area contributed by atoms with Gasteiger partial charge in [-0.2, -0.15) is 10.4 Å². The molecule has 2 aromatic heterocycles. The first-order chi connectivity index (χ1) is 20.4. The Morgan fingerprint density at radius 3 is 2.71 bits per heavy atom. The molecule has 1 aliphatic heterocycles. The molecule has 0 spiro atoms. The number of methoxy groups -OCH3 is 1. The molecule has 2 fully saturated rings. The van der Waals surface area contributed by atoms with Crippen LogP contribution in [0.4, 0.5) is 5.82 Å². The highest BCUT2D eigenvalue weighted by atomic mass is 35.5. The summed E-state index contributed by atoms with van der Waals surface area (Å²) in [6.45, 7) is 0.990. The molecule has 10 nitrogen and oxygen atoms in total. The van der Waals surface area contributed by atoms with Crippen LogP contribution in [0.1, 0.15) is 25.7 Å². The second kappa shape index (κ2) is 11.5. The van der Waals surface area contributed by atoms with Gasteiger partial charge in [-0.1, -0.05) is 29.3 Å². The van der Waals surface area contributed by atoms with Crippen LogP contribution in [0.25, 0.3) is 22.3 Å². The summed E-state index contributed by atoms with van der Waals surface area (Å²) < 4.78 is 13.4. The predicted molar refractivity (Wildman–Crippen MR) is 159 cm³/mol. The Labute approximate surface area is 252 Å². The second-order valence-electron chi connectivity index (χ2n) is 10.4. The number of anilines is 1. The molecule has 42 heavy (non-hydrogen) atoms. The van der Waals surface area contributed by atoms with Gasteiger partial charge < -0.3 is 20.1 Å². The molecule has 2 N–H and O–H groups in total. The average molecular weight is 604 g/mol. The van der Waals surface area contributed by atoms with E-state index in [1.165, 1.54) is 6.33 Å². The van der Waals surface area contributed by atoms with Crippen molar-refractivity contribution in [3.8, 4) is 34.6 Å². The van der Waals surface area contributed by atoms with Crippen LogP contribution >= 0.6 is 23.2 Å². The van der Waals surface area contributed by atoms with Gasteiger partial charge in [0.2, 0.25) is 0 Å². The minimum Gasteiger partial charge on any atom is -0.493 e. The van der Waals surface area contributed by atoms with E-state index in [1.807, 2.05) is 12.1 Å². The Morgan fingerprint density at radius 1 is 1.14 bits per heavy atom. The van der Waals surface area contributed by atoms with Crippen molar-refractivity contribution in [2.24, 2.45) is 5.92 Å². The number of carbonyl (C=O) groups excluding carboxylic acids is 1. The number of nitriles is 1. The second-order valence-corrected chi connectivity index (χ2v) is 11.2. The smallest absolute Gasteiger partial charge is 0.264 e. The first-order valence-corrected chi connectivity index (χ1v) is 14.3. The minimum atomic E-state index is -0.222. The molecule has 1 atom stereocenters. The summed E-state index contributed by atoms with van der Waals surface area (Å²) in [5, 5.41) is 15.9. The van der Waals surface area contributed by atoms with E-state index in [0.29, 0.717) is 63.0 Å². The van der Waals surface area contributed by atoms with Gasteiger partial charge in [-0.3, -0.25) is 4.79 Å². The molecular formula is C30H27Cl2N7O3. The molecule has 0 radical (unpaired) electrons. The first-order valence-electron chi connectivity index (χ1n) is 13.6. The predicted octanol–water partition coefficient (Wildman–Crippen LogP) is 6.03. The molecule has 0 bridgehead atoms. The zero-order valence-electron chi connectivity index (χ0n) is 22.8. The van der Waals surface area contributed by atoms with Gasteiger partial charge >= 0.3 is 0 Å². The van der Waals surface area contributed by atoms with Crippen LogP contribution < -0.4 is 15.2 Å². The number of fused-ring (bicyclic) bond motifs is 1. The van der Waals surface area contributed by atoms with Crippen LogP contribution in [-0.2, 0) is 11.3 Å². The van der Waals surface area contributed by atoms with E-state index in [2.05, 4.69) is 16.0 Å². The van der Waals surface area contributed by atoms with E-state index in [-0.39, 0.29) is 23.3 Å². The number of ether oxygens (including phenoxy) is 2. The normalized spacial score (nSPS) is 17.0. The number of halogens is 2. The molecule has 4 aromatic rings. The summed E-state index contributed by atoms with van der Waals surface area (Å²) in [6, 6.07) is 12.4. The Balaban J connectivity index is 1.32. The van der Waals surface area contributed by atoms with Gasteiger partial charge in [-0.25, -0.2) is 14.6 Å². The summed E-state index contributed by atoms with van der Waals surface area (Å²) in [4.78, 5) is 23.8. The molecule has 6 rings (SSSR count). The van der Waals surface area contributed by atoms with Crippen LogP contribution in [0.5, 0.6) is 17.2 Å². The maximum Gasteiger partial charge on any atom is 0.264 e. The van der Waals surface area contributed by atoms with Crippen molar-refractivity contribution in [2.75, 3.05) is 19.4 Å². The monoisotopic (exact) mass is 603 g/mol. The fourth-order valence-electron chi connectivity index (χ4n) is 5.23. The molecular weight excluding hydrogens is 577 g/mol. The number of carbonyl (C=O) groups is 1. The van der Waals surface area contributed by atoms with E-state index >= 15 is 0 Å². The zero-order chi connectivity index (χ0) is 29.4. The van der Waals surface area contributed by atoms with Gasteiger partial charge in [-0.15, -0.1) is 0 Å². The van der Waals surface area contributed by atoms with Crippen molar-refractivity contribution in [3.63, 3.8) is 0 Å². The molecule has 1 aliphatic carbocycles. The number of allylic oxidation sites excluding steroid dienone is 1. The van der Waals surface area contributed by atoms with Crippen molar-refractivity contribution < 1.29 is 14.3 Å². The summed E-state index contributed by atoms with van der Waals surface area (Å²) >= 11 is 12.2. The molecule has 1 amide bonds. The molecule has 1 saturated heterocycles. The zero-order valence-corrected chi connectivity index (χ0v) is 24.3. The van der Waals surface area contributed by atoms with E-state index in [0.717, 1.165) is 31.2 Å². The van der Waals surface area contributed by atoms with Crippen LogP contribution in [0, 0.1) is 17.2 Å². The largest absolute Gasteiger partial charge is 0.493 e. The molecule has 3 heterocycles. The highest BCUT2D eigenvalue weighted by Crippen LogP contribution is 2.39. The number of amides is 1. The molecule has 214 valence electrons. The highest BCUT2D eigenvalue weighted by Gasteiger charge is 2.33. The van der Waals surface area contributed by atoms with Crippen LogP contribution in [0.2, 0.25) is 10.0 Å². The van der Waals surface area contributed by atoms with Crippen molar-refractivity contribution in [1.82, 2.24) is 24.6 Å². The van der Waals surface area contributed by atoms with Gasteiger partial charge in [0.25, 0.3) is 5.91 Å². The van der Waals surface area contributed by atoms with E-state index in [1.54, 1.807) is 47.0 Å². The molecule has 1 unspecified atom stereocenters. The Kier molecular flexibility index (Phi) is 7.62. The number of rotatable bonds is 8. The third kappa shape index (κ3) is 5.45. The number of hydrogen-bond donors (Lipinski definition) is 1. The van der Waals surface area contributed by atoms with Gasteiger partial charge in [0.05, 0.1) is 35.1 Å². The number of nitrogens with zero attached hydrogens (tertiary/aromatic N) is 6. The number of aromatic nitrogens is 4. The molecule has 12 heteroatoms. The van der Waals surface area contributed by atoms with E-state index in [4.69, 9.17) is 43.5 Å². The third-order valence-electron chi connectivity index (χ3n) is 7.51. The Hall–Kier alpha value is -4.33. The fraction of sp³-hybridized carbons (Fsp3) is 0.300. The molecule has 2 aromatic carbocycles. The number of likely N-dealkylation sites (tertiary alicyclic amines) is 1. The Bertz CT molecular complexity index is 1760. The third-order valence-corrected chi connectivity index (χ3v) is 8.25. The van der Waals surface area contributed by atoms with Crippen LogP contribution in [0.3, 0.4) is 0 Å². The molecule has 2 aliphatic rings. The van der Waals surface area contributed by atoms with Gasteiger partial charge in [-0.05, 0) is 61.9 Å². The van der Waals surface area contributed by atoms with Crippen LogP contribution in [-0.4, -0.2) is 50.3 Å². The van der Waals surface area contributed by atoms with Crippen molar-refractivity contribution >= 4 is 46.0 Å². The maximum absolute atomic E-state index is 13.3. The quantitative estimate of drug-likeness (QED) is 0.190. The highest BCUT2D eigenvalue weighted by molar-refractivity contribution is 6.42. The maximum atomic E-state index is 13.3. The van der Waals surface area contributed by atoms with E-state index < -0.39 is 0 Å². The van der Waals surface area contributed by atoms with Gasteiger partial charge in [0.1, 0.15) is 35.2 Å². The number of benzene rings is 2. The van der Waals surface area contributed by atoms with Crippen molar-refractivity contribution in [2.45, 2.75) is 38.3 Å². The number of nitrogens with two attached hydrogens (primary N) is 1. The van der Waals surface area contributed by atoms with Crippen molar-refractivity contribution in [3.05, 3.63) is 64.4 Å². The standard InChI is InChI=1S/C30H27Cl2N7O3/c1-41-25-12-18(6-9-24(25)42-21-7-8-22(31)23(32)13-21)27-26-28(34)35-16-36-29(26)39(37-27)15-20-3-2-10-38(20)30(40)19(14-33)11-17-4-5-17/h6-9,11-13,16-17,20H,2-5,10,15H2,1H3,(H2,34,35,36). The van der Waals surface area contributed by atoms with Crippen LogP contribution in [0.15, 0.2) is 54.4 Å². The first kappa shape index (κ1) is 27.8. The lowest BCUT2D eigenvalue weighted by molar-refractivity contribution is -0.127. The lowest BCUT2D eigenvalue weighted by Crippen LogP contribution is -2.39. The SMILES string of the molecule is COc1cc(-c2nn(CC3CCCN3C(=O)C(C#N)=CC3CC3)c3ncnc(N)c23)ccc1Oc1ccc(Cl)c(Cl)c1. The lowest BCUT2D eigenvalue weighted by atomic mass is 10.1. The van der Waals surface area contributed by atoms with Crippen molar-refractivity contribution in [1.29, 1.82) is 5.26 Å². The van der Waals surface area contributed by atoms with E-state index in [9.17, 15) is 10.1 Å². The summed E-state index contributed by atoms with van der Waals surface area (Å²) in [6.07, 6.45) is 6.91. The van der Waals surface area contributed by atoms with Gasteiger partial charge in [0, 0.05) is 18.2 Å². The topological polar surface area (TPSA) is 132 Å². The fourth-order valence-corrected chi connectivity index (χ4v) is 5.52. The molecule has 1 saturated carbocycles. The van der Waals surface area contributed by atoms with Gasteiger partial charge in [0.15, 0.2) is 17.1 Å². The number of nitrogen functional groups attached to an aromatic ring is 1. The summed E-state index contributed by atoms with van der Waals surface area (Å²) in [7, 11) is 1.55. The number of hydrogen-bond acceptors (Lipinski definition) is 8. The minimum absolute atomic E-state index is 0.142.